The van der Waals surface area contributed by atoms with Crippen molar-refractivity contribution in [2.24, 2.45) is 0 Å². The number of aromatic nitrogens is 11. The molecule has 0 fully saturated rings. The van der Waals surface area contributed by atoms with Crippen LogP contribution in [-0.4, -0.2) is 54.9 Å². The van der Waals surface area contributed by atoms with Gasteiger partial charge in [0.25, 0.3) is 0 Å². The number of fused-ring (bicyclic) bond motifs is 19. The second-order valence-corrected chi connectivity index (χ2v) is 35.5. The number of oxazole rings is 2. The van der Waals surface area contributed by atoms with Crippen molar-refractivity contribution in [3.63, 3.8) is 0 Å². The number of para-hydroxylation sites is 1. The van der Waals surface area contributed by atoms with E-state index in [0.29, 0.717) is 11.8 Å². The zero-order valence-corrected chi connectivity index (χ0v) is 75.1. The molecule has 654 valence electrons. The summed E-state index contributed by atoms with van der Waals surface area (Å²) in [5.74, 6) is 1.26. The standard InChI is InChI=1S/C46H29N3O.C43H26N4O.C37H22N4O/c1-3-10-30(11-4-1)35-22-24-38(32-12-5-2-6-13-32)43(29-35)49-47-41-25-23-34(28-42(41)48-49)33-20-18-31-19-21-36(27-37(31)26-33)39-15-9-17-45-46(39)40-14-7-8-16-44(40)50-45;1-3-7-27(8-4-1)31-15-16-33-24-36(20-17-32(33)23-31)47-45-38-21-19-35(26-40(38)46-47)34-14-12-28-11-13-29-18-22-39-42(41(29)37(28)25-34)48-43(44-39)30-9-5-2-6-10-30;1-2-7-26(8-3-1)37-38-33-19-15-25-12-10-24-11-13-28(21-31(24)35(25)36(33)42-37)29-16-18-32-34(22-29)40-41(39-32)30-17-14-23-6-4-5-9-27(23)20-30/h1-29H;1-26H;1-22H. The first-order valence-corrected chi connectivity index (χ1v) is 46.8. The third-order valence-corrected chi connectivity index (χ3v) is 27.0. The maximum absolute atomic E-state index is 6.44. The number of hydrogen-bond acceptors (Lipinski definition) is 11. The van der Waals surface area contributed by atoms with Crippen LogP contribution in [-0.2, 0) is 0 Å². The van der Waals surface area contributed by atoms with Gasteiger partial charge in [0, 0.05) is 38.2 Å². The van der Waals surface area contributed by atoms with Gasteiger partial charge in [-0.3, -0.25) is 0 Å². The van der Waals surface area contributed by atoms with Gasteiger partial charge in [0.05, 0.1) is 17.1 Å². The summed E-state index contributed by atoms with van der Waals surface area (Å²) in [4.78, 5) is 14.9. The Morgan fingerprint density at radius 1 is 0.164 bits per heavy atom. The van der Waals surface area contributed by atoms with E-state index in [1.807, 2.05) is 121 Å². The van der Waals surface area contributed by atoms with Gasteiger partial charge in [-0.15, -0.1) is 35.4 Å². The molecule has 0 spiro atoms. The summed E-state index contributed by atoms with van der Waals surface area (Å²) in [7, 11) is 0. The van der Waals surface area contributed by atoms with Crippen LogP contribution in [0.3, 0.4) is 0 Å². The van der Waals surface area contributed by atoms with Crippen molar-refractivity contribution in [1.82, 2.24) is 54.9 Å². The first kappa shape index (κ1) is 80.5. The Morgan fingerprint density at radius 3 is 1.08 bits per heavy atom. The van der Waals surface area contributed by atoms with Crippen molar-refractivity contribution in [1.29, 1.82) is 0 Å². The Bertz CT molecular complexity index is 9980. The molecule has 0 radical (unpaired) electrons. The fourth-order valence-corrected chi connectivity index (χ4v) is 19.9. The predicted molar refractivity (Wildman–Crippen MR) is 570 cm³/mol. The Balaban J connectivity index is 0.000000106. The van der Waals surface area contributed by atoms with Crippen LogP contribution < -0.4 is 0 Å². The fourth-order valence-electron chi connectivity index (χ4n) is 19.9. The number of rotatable bonds is 12. The number of furan rings is 1. The molecule has 23 aromatic carbocycles. The van der Waals surface area contributed by atoms with Gasteiger partial charge in [-0.2, -0.15) is 9.59 Å². The van der Waals surface area contributed by atoms with E-state index < -0.39 is 0 Å². The predicted octanol–water partition coefficient (Wildman–Crippen LogP) is 32.5. The van der Waals surface area contributed by atoms with Gasteiger partial charge >= 0.3 is 0 Å². The van der Waals surface area contributed by atoms with Crippen LogP contribution in [0.2, 0.25) is 0 Å². The van der Waals surface area contributed by atoms with Crippen LogP contribution in [0.4, 0.5) is 0 Å². The van der Waals surface area contributed by atoms with Crippen LogP contribution >= 0.6 is 0 Å². The smallest absolute Gasteiger partial charge is 0.227 e. The topological polar surface area (TPSA) is 157 Å². The average Bonchev–Trinajstić information content (AvgIpc) is 1.61. The maximum Gasteiger partial charge on any atom is 0.227 e. The van der Waals surface area contributed by atoms with Crippen LogP contribution in [0.5, 0.6) is 0 Å². The monoisotopic (exact) mass is 1790 g/mol. The summed E-state index contributed by atoms with van der Waals surface area (Å²) in [6.07, 6.45) is 0. The zero-order chi connectivity index (χ0) is 92.2. The lowest BCUT2D eigenvalue weighted by atomic mass is 9.95. The molecule has 29 rings (SSSR count). The highest BCUT2D eigenvalue weighted by Crippen LogP contribution is 2.44. The van der Waals surface area contributed by atoms with Crippen molar-refractivity contribution in [2.75, 3.05) is 0 Å². The summed E-state index contributed by atoms with van der Waals surface area (Å²) in [5.41, 5.74) is 30.8. The van der Waals surface area contributed by atoms with Crippen LogP contribution in [0.1, 0.15) is 0 Å². The van der Waals surface area contributed by atoms with E-state index in [2.05, 4.69) is 346 Å². The molecule has 6 heterocycles. The van der Waals surface area contributed by atoms with E-state index in [9.17, 15) is 0 Å². The van der Waals surface area contributed by atoms with Gasteiger partial charge in [-0.05, 0) is 283 Å². The highest BCUT2D eigenvalue weighted by molar-refractivity contribution is 6.21. The molecule has 14 nitrogen and oxygen atoms in total. The second kappa shape index (κ2) is 33.5. The molecule has 0 bridgehead atoms. The molecule has 29 aromatic rings. The highest BCUT2D eigenvalue weighted by atomic mass is 16.4. The summed E-state index contributed by atoms with van der Waals surface area (Å²) >= 11 is 0. The molecule has 6 aromatic heterocycles. The van der Waals surface area contributed by atoms with Gasteiger partial charge in [-0.1, -0.05) is 322 Å². The minimum absolute atomic E-state index is 0.628. The largest absolute Gasteiger partial charge is 0.456 e. The highest BCUT2D eigenvalue weighted by Gasteiger charge is 2.22. The molecule has 0 unspecified atom stereocenters. The molecule has 0 amide bonds. The Labute approximate surface area is 800 Å². The SMILES string of the molecule is c1ccc(-c2ccc(-c3ccccc3)c(-n3nc4ccc(-c5ccc6ccc(-c7cccc8oc9ccccc9c78)cc6c5)cc4n3)c2)cc1.c1ccc(-c2ccc3cc(-n4nc5ccc(-c6ccc7ccc8ccc9nc(-c%10ccccc%10)oc9c8c7c6)cc5n4)ccc3c2)cc1.c1ccc(-c2nc3ccc4ccc5ccc(-c6ccc7nn(-c8ccc9ccccc9c8)nc7c6)cc5c4c3o2)cc1. The van der Waals surface area contributed by atoms with Crippen LogP contribution in [0.15, 0.2) is 480 Å². The van der Waals surface area contributed by atoms with Gasteiger partial charge in [0.15, 0.2) is 11.2 Å². The molecule has 140 heavy (non-hydrogen) atoms. The van der Waals surface area contributed by atoms with E-state index in [1.165, 1.54) is 38.2 Å². The number of hydrogen-bond donors (Lipinski definition) is 0. The van der Waals surface area contributed by atoms with Crippen molar-refractivity contribution in [2.45, 2.75) is 0 Å². The van der Waals surface area contributed by atoms with Crippen molar-refractivity contribution < 1.29 is 13.3 Å². The molecule has 0 saturated carbocycles. The van der Waals surface area contributed by atoms with Crippen molar-refractivity contribution >= 4 is 153 Å². The molecule has 0 aliphatic carbocycles. The molecule has 0 saturated heterocycles. The molecule has 14 heteroatoms. The normalized spacial score (nSPS) is 11.7. The average molecular weight is 1790 g/mol. The molecular formula is C126H77N11O3. The van der Waals surface area contributed by atoms with Gasteiger partial charge in [-0.25, -0.2) is 9.97 Å². The lowest BCUT2D eigenvalue weighted by Gasteiger charge is -2.11. The van der Waals surface area contributed by atoms with Crippen molar-refractivity contribution in [3.8, 4) is 118 Å². The Kier molecular flexibility index (Phi) is 19.2. The van der Waals surface area contributed by atoms with E-state index in [-0.39, 0.29) is 0 Å². The summed E-state index contributed by atoms with van der Waals surface area (Å²) in [5, 5.41) is 47.7. The molecular weight excluding hydrogens is 1720 g/mol. The van der Waals surface area contributed by atoms with Gasteiger partial charge in [0.1, 0.15) is 55.3 Å². The second-order valence-electron chi connectivity index (χ2n) is 35.5. The molecule has 0 aliphatic rings. The van der Waals surface area contributed by atoms with E-state index in [4.69, 9.17) is 53.8 Å². The van der Waals surface area contributed by atoms with E-state index in [1.54, 1.807) is 14.4 Å². The Hall–Kier alpha value is -19.2. The number of nitrogens with zero attached hydrogens (tertiary/aromatic N) is 11. The molecule has 0 aliphatic heterocycles. The minimum atomic E-state index is 0.628. The third kappa shape index (κ3) is 14.6. The van der Waals surface area contributed by atoms with E-state index in [0.717, 1.165) is 220 Å². The van der Waals surface area contributed by atoms with Crippen LogP contribution in [0.25, 0.3) is 271 Å². The molecule has 0 N–H and O–H groups in total. The summed E-state index contributed by atoms with van der Waals surface area (Å²) in [6.45, 7) is 0. The lowest BCUT2D eigenvalue weighted by molar-refractivity contribution is 0.623. The summed E-state index contributed by atoms with van der Waals surface area (Å²) in [6, 6.07) is 163. The first-order chi connectivity index (χ1) is 69.2. The third-order valence-electron chi connectivity index (χ3n) is 27.0. The summed E-state index contributed by atoms with van der Waals surface area (Å²) < 4.78 is 19.0. The van der Waals surface area contributed by atoms with Gasteiger partial charge < -0.3 is 13.3 Å². The zero-order valence-electron chi connectivity index (χ0n) is 75.1. The van der Waals surface area contributed by atoms with Gasteiger partial charge in [0.2, 0.25) is 11.8 Å². The van der Waals surface area contributed by atoms with E-state index >= 15 is 0 Å². The first-order valence-electron chi connectivity index (χ1n) is 46.8. The lowest BCUT2D eigenvalue weighted by Crippen LogP contribution is -2.01. The molecule has 0 atom stereocenters. The Morgan fingerprint density at radius 2 is 0.514 bits per heavy atom. The maximum atomic E-state index is 6.44. The number of benzene rings is 23. The fraction of sp³-hybridized carbons (Fsp3) is 0. The minimum Gasteiger partial charge on any atom is -0.456 e. The van der Waals surface area contributed by atoms with Crippen molar-refractivity contribution in [3.05, 3.63) is 467 Å². The van der Waals surface area contributed by atoms with Crippen LogP contribution in [0, 0.1) is 0 Å². The quantitative estimate of drug-likeness (QED) is 0.107.